The Bertz CT molecular complexity index is 403. The van der Waals surface area contributed by atoms with Gasteiger partial charge in [-0.1, -0.05) is 12.1 Å². The fourth-order valence-electron chi connectivity index (χ4n) is 1.31. The van der Waals surface area contributed by atoms with Crippen molar-refractivity contribution in [2.45, 2.75) is 6.54 Å². The summed E-state index contributed by atoms with van der Waals surface area (Å²) in [6.45, 7) is 0.379. The van der Waals surface area contributed by atoms with E-state index in [1.165, 1.54) is 14.2 Å². The van der Waals surface area contributed by atoms with Crippen LogP contribution in [0.3, 0.4) is 0 Å². The van der Waals surface area contributed by atoms with Gasteiger partial charge in [0.05, 0.1) is 12.7 Å². The predicted molar refractivity (Wildman–Crippen MR) is 61.5 cm³/mol. The monoisotopic (exact) mass is 237 g/mol. The average molecular weight is 237 g/mol. The first-order valence-corrected chi connectivity index (χ1v) is 5.10. The van der Waals surface area contributed by atoms with E-state index in [-0.39, 0.29) is 12.5 Å². The second kappa shape index (κ2) is 6.65. The van der Waals surface area contributed by atoms with Gasteiger partial charge in [-0.3, -0.25) is 4.79 Å². The molecule has 0 saturated heterocycles. The molecule has 1 N–H and O–H groups in total. The predicted octanol–water partition coefficient (Wildman–Crippen LogP) is 0.736. The number of ether oxygens (including phenoxy) is 2. The summed E-state index contributed by atoms with van der Waals surface area (Å²) in [7, 11) is 2.78. The molecule has 17 heavy (non-hydrogen) atoms. The van der Waals surface area contributed by atoms with E-state index in [9.17, 15) is 9.59 Å². The number of benzene rings is 1. The molecular formula is C12H15NO4. The molecule has 92 valence electrons. The standard InChI is InChI=1S/C12H15NO4/c1-16-8-11(14)13-7-9-4-3-5-10(6-9)12(15)17-2/h3-6H,7-8H2,1-2H3,(H,13,14). The Morgan fingerprint density at radius 1 is 1.29 bits per heavy atom. The smallest absolute Gasteiger partial charge is 0.337 e. The summed E-state index contributed by atoms with van der Waals surface area (Å²) in [5.41, 5.74) is 1.29. The Kier molecular flexibility index (Phi) is 5.16. The maximum Gasteiger partial charge on any atom is 0.337 e. The summed E-state index contributed by atoms with van der Waals surface area (Å²) in [5.74, 6) is -0.592. The number of methoxy groups -OCH3 is 2. The molecule has 1 aromatic rings. The molecule has 1 rings (SSSR count). The largest absolute Gasteiger partial charge is 0.465 e. The Labute approximate surface area is 99.7 Å². The van der Waals surface area contributed by atoms with Crippen LogP contribution in [0.5, 0.6) is 0 Å². The number of carbonyl (C=O) groups is 2. The molecule has 5 heteroatoms. The molecule has 0 aliphatic carbocycles. The molecule has 0 aliphatic rings. The zero-order valence-corrected chi connectivity index (χ0v) is 9.86. The lowest BCUT2D eigenvalue weighted by Gasteiger charge is -2.06. The Morgan fingerprint density at radius 2 is 2.06 bits per heavy atom. The van der Waals surface area contributed by atoms with E-state index < -0.39 is 5.97 Å². The summed E-state index contributed by atoms with van der Waals surface area (Å²) in [6.07, 6.45) is 0. The van der Waals surface area contributed by atoms with Crippen molar-refractivity contribution in [2.75, 3.05) is 20.8 Å². The van der Waals surface area contributed by atoms with Crippen molar-refractivity contribution >= 4 is 11.9 Å². The van der Waals surface area contributed by atoms with Crippen LogP contribution < -0.4 is 5.32 Å². The van der Waals surface area contributed by atoms with Crippen LogP contribution in [0.15, 0.2) is 24.3 Å². The highest BCUT2D eigenvalue weighted by Gasteiger charge is 2.06. The normalized spacial score (nSPS) is 9.76. The molecule has 1 amide bonds. The Balaban J connectivity index is 2.60. The van der Waals surface area contributed by atoms with Crippen LogP contribution in [-0.2, 0) is 20.8 Å². The van der Waals surface area contributed by atoms with Crippen LogP contribution in [0, 0.1) is 0 Å². The first kappa shape index (κ1) is 13.2. The second-order valence-electron chi connectivity index (χ2n) is 3.40. The minimum Gasteiger partial charge on any atom is -0.465 e. The molecule has 0 aromatic heterocycles. The van der Waals surface area contributed by atoms with Gasteiger partial charge in [0, 0.05) is 13.7 Å². The highest BCUT2D eigenvalue weighted by atomic mass is 16.5. The van der Waals surface area contributed by atoms with Crippen LogP contribution in [0.4, 0.5) is 0 Å². The number of nitrogens with one attached hydrogen (secondary N) is 1. The highest BCUT2D eigenvalue weighted by Crippen LogP contribution is 2.06. The topological polar surface area (TPSA) is 64.6 Å². The zero-order chi connectivity index (χ0) is 12.7. The third-order valence-corrected chi connectivity index (χ3v) is 2.11. The van der Waals surface area contributed by atoms with Crippen molar-refractivity contribution in [1.29, 1.82) is 0 Å². The number of hydrogen-bond donors (Lipinski definition) is 1. The van der Waals surface area contributed by atoms with E-state index in [1.54, 1.807) is 18.2 Å². The van der Waals surface area contributed by atoms with Gasteiger partial charge in [0.2, 0.25) is 5.91 Å². The van der Waals surface area contributed by atoms with Gasteiger partial charge in [-0.2, -0.15) is 0 Å². The van der Waals surface area contributed by atoms with E-state index in [0.717, 1.165) is 5.56 Å². The van der Waals surface area contributed by atoms with E-state index in [1.807, 2.05) is 6.07 Å². The molecule has 0 bridgehead atoms. The number of carbonyl (C=O) groups excluding carboxylic acids is 2. The third kappa shape index (κ3) is 4.24. The minimum atomic E-state index is -0.393. The number of hydrogen-bond acceptors (Lipinski definition) is 4. The van der Waals surface area contributed by atoms with Crippen molar-refractivity contribution in [3.63, 3.8) is 0 Å². The molecule has 0 fully saturated rings. The first-order chi connectivity index (χ1) is 8.17. The Hall–Kier alpha value is -1.88. The van der Waals surface area contributed by atoms with Crippen LogP contribution in [-0.4, -0.2) is 32.7 Å². The molecule has 0 spiro atoms. The summed E-state index contributed by atoms with van der Waals surface area (Å²) in [4.78, 5) is 22.4. The number of rotatable bonds is 5. The molecule has 0 unspecified atom stereocenters. The average Bonchev–Trinajstić information content (AvgIpc) is 2.36. The third-order valence-electron chi connectivity index (χ3n) is 2.11. The lowest BCUT2D eigenvalue weighted by atomic mass is 10.1. The van der Waals surface area contributed by atoms with E-state index in [4.69, 9.17) is 0 Å². The molecule has 0 atom stereocenters. The quantitative estimate of drug-likeness (QED) is 0.767. The van der Waals surface area contributed by atoms with Crippen molar-refractivity contribution in [1.82, 2.24) is 5.32 Å². The lowest BCUT2D eigenvalue weighted by molar-refractivity contribution is -0.124. The highest BCUT2D eigenvalue weighted by molar-refractivity contribution is 5.89. The molecule has 0 heterocycles. The van der Waals surface area contributed by atoms with Gasteiger partial charge in [-0.05, 0) is 17.7 Å². The Morgan fingerprint density at radius 3 is 2.71 bits per heavy atom. The van der Waals surface area contributed by atoms with Crippen molar-refractivity contribution in [3.05, 3.63) is 35.4 Å². The molecular weight excluding hydrogens is 222 g/mol. The van der Waals surface area contributed by atoms with Gasteiger partial charge in [0.15, 0.2) is 0 Å². The fourth-order valence-corrected chi connectivity index (χ4v) is 1.31. The number of amides is 1. The maximum absolute atomic E-state index is 11.3. The van der Waals surface area contributed by atoms with Crippen LogP contribution in [0.2, 0.25) is 0 Å². The van der Waals surface area contributed by atoms with Gasteiger partial charge < -0.3 is 14.8 Å². The summed E-state index contributed by atoms with van der Waals surface area (Å²) in [6, 6.07) is 6.90. The van der Waals surface area contributed by atoms with Crippen molar-refractivity contribution in [2.24, 2.45) is 0 Å². The molecule has 5 nitrogen and oxygen atoms in total. The number of esters is 1. The lowest BCUT2D eigenvalue weighted by Crippen LogP contribution is -2.26. The van der Waals surface area contributed by atoms with Crippen molar-refractivity contribution < 1.29 is 19.1 Å². The van der Waals surface area contributed by atoms with Crippen molar-refractivity contribution in [3.8, 4) is 0 Å². The fraction of sp³-hybridized carbons (Fsp3) is 0.333. The van der Waals surface area contributed by atoms with Crippen LogP contribution in [0.1, 0.15) is 15.9 Å². The van der Waals surface area contributed by atoms with Gasteiger partial charge in [0.25, 0.3) is 0 Å². The van der Waals surface area contributed by atoms with E-state index >= 15 is 0 Å². The summed E-state index contributed by atoms with van der Waals surface area (Å²) < 4.78 is 9.29. The van der Waals surface area contributed by atoms with Gasteiger partial charge in [0.1, 0.15) is 6.61 Å². The first-order valence-electron chi connectivity index (χ1n) is 5.10. The molecule has 0 radical (unpaired) electrons. The zero-order valence-electron chi connectivity index (χ0n) is 9.86. The SMILES string of the molecule is COCC(=O)NCc1cccc(C(=O)OC)c1. The van der Waals surface area contributed by atoms with Gasteiger partial charge in [-0.15, -0.1) is 0 Å². The van der Waals surface area contributed by atoms with E-state index in [0.29, 0.717) is 12.1 Å². The summed E-state index contributed by atoms with van der Waals surface area (Å²) >= 11 is 0. The minimum absolute atomic E-state index is 0.0245. The molecule has 0 aliphatic heterocycles. The molecule has 1 aromatic carbocycles. The summed E-state index contributed by atoms with van der Waals surface area (Å²) in [5, 5.41) is 2.67. The van der Waals surface area contributed by atoms with Crippen LogP contribution >= 0.6 is 0 Å². The van der Waals surface area contributed by atoms with Gasteiger partial charge in [-0.25, -0.2) is 4.79 Å². The van der Waals surface area contributed by atoms with Gasteiger partial charge >= 0.3 is 5.97 Å². The second-order valence-corrected chi connectivity index (χ2v) is 3.40. The maximum atomic E-state index is 11.3. The van der Waals surface area contributed by atoms with Crippen LogP contribution in [0.25, 0.3) is 0 Å². The molecule has 0 saturated carbocycles. The van der Waals surface area contributed by atoms with E-state index in [2.05, 4.69) is 14.8 Å².